The maximum absolute atomic E-state index is 12.9. The van der Waals surface area contributed by atoms with Gasteiger partial charge in [-0.05, 0) is 12.1 Å². The number of carbonyl (C=O) groups excluding carboxylic acids is 1. The van der Waals surface area contributed by atoms with Crippen LogP contribution in [0.15, 0.2) is 18.2 Å². The minimum atomic E-state index is -4.80. The Kier molecular flexibility index (Phi) is 2.60. The first-order valence-electron chi connectivity index (χ1n) is 4.67. The normalized spacial score (nSPS) is 19.2. The van der Waals surface area contributed by atoms with Crippen LogP contribution in [-0.2, 0) is 4.79 Å². The van der Waals surface area contributed by atoms with Crippen molar-refractivity contribution in [3.8, 4) is 17.2 Å². The summed E-state index contributed by atoms with van der Waals surface area (Å²) in [6, 6.07) is 2.92. The van der Waals surface area contributed by atoms with Gasteiger partial charge in [-0.25, -0.2) is 0 Å². The number of hydrogen-bond donors (Lipinski definition) is 0. The number of benzene rings is 1. The summed E-state index contributed by atoms with van der Waals surface area (Å²) >= 11 is 0. The van der Waals surface area contributed by atoms with Crippen LogP contribution in [0.25, 0.3) is 0 Å². The highest BCUT2D eigenvalue weighted by molar-refractivity contribution is 5.69. The van der Waals surface area contributed by atoms with E-state index in [2.05, 4.69) is 14.2 Å². The van der Waals surface area contributed by atoms with E-state index in [4.69, 9.17) is 0 Å². The van der Waals surface area contributed by atoms with Crippen LogP contribution in [-0.4, -0.2) is 18.2 Å². The Morgan fingerprint density at radius 3 is 2.22 bits per heavy atom. The van der Waals surface area contributed by atoms with Gasteiger partial charge in [0, 0.05) is 13.0 Å². The predicted octanol–water partition coefficient (Wildman–Crippen LogP) is 2.57. The zero-order chi connectivity index (χ0) is 13.6. The summed E-state index contributed by atoms with van der Waals surface area (Å²) in [6.07, 6.45) is -9.56. The standard InChI is InChI=1S/C10H6F4O4/c1-5(15)16-6-2-3-7-8(4-6)18-10(13,14)9(11,12)17-7/h2-4H,1H3. The summed E-state index contributed by atoms with van der Waals surface area (Å²) in [5, 5.41) is 0. The fourth-order valence-corrected chi connectivity index (χ4v) is 1.28. The van der Waals surface area contributed by atoms with Gasteiger partial charge >= 0.3 is 18.2 Å². The second-order valence-electron chi connectivity index (χ2n) is 3.44. The van der Waals surface area contributed by atoms with E-state index in [1.54, 1.807) is 0 Å². The van der Waals surface area contributed by atoms with Crippen molar-refractivity contribution in [3.05, 3.63) is 18.2 Å². The van der Waals surface area contributed by atoms with Crippen molar-refractivity contribution in [1.82, 2.24) is 0 Å². The lowest BCUT2D eigenvalue weighted by Gasteiger charge is -2.31. The number of hydrogen-bond acceptors (Lipinski definition) is 4. The lowest BCUT2D eigenvalue weighted by molar-refractivity contribution is -0.391. The first kappa shape index (κ1) is 12.5. The molecule has 0 N–H and O–H groups in total. The fourth-order valence-electron chi connectivity index (χ4n) is 1.28. The van der Waals surface area contributed by atoms with E-state index < -0.39 is 29.7 Å². The molecule has 0 aromatic heterocycles. The smallest absolute Gasteiger partial charge is 0.427 e. The van der Waals surface area contributed by atoms with Crippen molar-refractivity contribution < 1.29 is 36.6 Å². The van der Waals surface area contributed by atoms with Gasteiger partial charge in [-0.2, -0.15) is 17.6 Å². The molecular formula is C10H6F4O4. The minimum Gasteiger partial charge on any atom is -0.427 e. The highest BCUT2D eigenvalue weighted by Gasteiger charge is 2.65. The molecule has 18 heavy (non-hydrogen) atoms. The maximum atomic E-state index is 12.9. The topological polar surface area (TPSA) is 44.8 Å². The van der Waals surface area contributed by atoms with Crippen molar-refractivity contribution in [3.63, 3.8) is 0 Å². The molecule has 0 spiro atoms. The van der Waals surface area contributed by atoms with Crippen molar-refractivity contribution in [2.45, 2.75) is 19.1 Å². The summed E-state index contributed by atoms with van der Waals surface area (Å²) in [6.45, 7) is 1.10. The first-order chi connectivity index (χ1) is 8.21. The highest BCUT2D eigenvalue weighted by Crippen LogP contribution is 2.47. The maximum Gasteiger partial charge on any atom is 0.507 e. The van der Waals surface area contributed by atoms with Gasteiger partial charge in [-0.15, -0.1) is 0 Å². The number of carbonyl (C=O) groups is 1. The van der Waals surface area contributed by atoms with Gasteiger partial charge in [0.25, 0.3) is 0 Å². The lowest BCUT2D eigenvalue weighted by atomic mass is 10.2. The third-order valence-electron chi connectivity index (χ3n) is 1.99. The number of esters is 1. The fraction of sp³-hybridized carbons (Fsp3) is 0.300. The van der Waals surface area contributed by atoms with Gasteiger partial charge in [-0.1, -0.05) is 0 Å². The largest absolute Gasteiger partial charge is 0.507 e. The number of fused-ring (bicyclic) bond motifs is 1. The molecule has 98 valence electrons. The Bertz CT molecular complexity index is 501. The second-order valence-corrected chi connectivity index (χ2v) is 3.44. The van der Waals surface area contributed by atoms with E-state index in [9.17, 15) is 22.4 Å². The third-order valence-corrected chi connectivity index (χ3v) is 1.99. The summed E-state index contributed by atoms with van der Waals surface area (Å²) in [7, 11) is 0. The van der Waals surface area contributed by atoms with Crippen molar-refractivity contribution in [2.24, 2.45) is 0 Å². The van der Waals surface area contributed by atoms with E-state index >= 15 is 0 Å². The van der Waals surface area contributed by atoms with E-state index in [0.29, 0.717) is 0 Å². The summed E-state index contributed by atoms with van der Waals surface area (Å²) in [5.41, 5.74) is 0. The molecule has 2 rings (SSSR count). The molecule has 0 bridgehead atoms. The molecule has 1 aromatic carbocycles. The van der Waals surface area contributed by atoms with Crippen LogP contribution < -0.4 is 14.2 Å². The van der Waals surface area contributed by atoms with Gasteiger partial charge < -0.3 is 14.2 Å². The molecule has 0 saturated heterocycles. The van der Waals surface area contributed by atoms with Crippen LogP contribution in [0.3, 0.4) is 0 Å². The highest BCUT2D eigenvalue weighted by atomic mass is 19.3. The number of alkyl halides is 4. The summed E-state index contributed by atoms with van der Waals surface area (Å²) in [4.78, 5) is 10.6. The SMILES string of the molecule is CC(=O)Oc1ccc2c(c1)OC(F)(F)C(F)(F)O2. The molecule has 0 saturated carbocycles. The van der Waals surface area contributed by atoms with Crippen molar-refractivity contribution in [1.29, 1.82) is 0 Å². The van der Waals surface area contributed by atoms with Crippen LogP contribution in [0.4, 0.5) is 17.6 Å². The van der Waals surface area contributed by atoms with Gasteiger partial charge in [0.2, 0.25) is 0 Å². The van der Waals surface area contributed by atoms with E-state index in [0.717, 1.165) is 25.1 Å². The molecule has 0 atom stereocenters. The molecule has 1 aliphatic rings. The minimum absolute atomic E-state index is 0.120. The molecule has 8 heteroatoms. The Balaban J connectivity index is 2.36. The van der Waals surface area contributed by atoms with E-state index in [1.165, 1.54) is 0 Å². The molecule has 0 amide bonds. The molecule has 0 radical (unpaired) electrons. The average Bonchev–Trinajstić information content (AvgIpc) is 2.18. The Labute approximate surface area is 98.0 Å². The monoisotopic (exact) mass is 266 g/mol. The summed E-state index contributed by atoms with van der Waals surface area (Å²) in [5.74, 6) is -2.01. The third kappa shape index (κ3) is 2.05. The van der Waals surface area contributed by atoms with Gasteiger partial charge in [0.15, 0.2) is 11.5 Å². The zero-order valence-electron chi connectivity index (χ0n) is 8.88. The van der Waals surface area contributed by atoms with Crippen molar-refractivity contribution >= 4 is 5.97 Å². The van der Waals surface area contributed by atoms with Gasteiger partial charge in [0.05, 0.1) is 0 Å². The molecule has 0 unspecified atom stereocenters. The average molecular weight is 266 g/mol. The summed E-state index contributed by atoms with van der Waals surface area (Å²) < 4.78 is 63.6. The molecule has 0 fully saturated rings. The van der Waals surface area contributed by atoms with Crippen molar-refractivity contribution in [2.75, 3.05) is 0 Å². The molecule has 0 aliphatic carbocycles. The van der Waals surface area contributed by atoms with Crippen LogP contribution >= 0.6 is 0 Å². The van der Waals surface area contributed by atoms with Crippen LogP contribution in [0, 0.1) is 0 Å². The van der Waals surface area contributed by atoms with Gasteiger partial charge in [-0.3, -0.25) is 4.79 Å². The van der Waals surface area contributed by atoms with Crippen LogP contribution in [0.5, 0.6) is 17.2 Å². The Morgan fingerprint density at radius 1 is 1.11 bits per heavy atom. The van der Waals surface area contributed by atoms with E-state index in [1.807, 2.05) is 0 Å². The molecule has 4 nitrogen and oxygen atoms in total. The van der Waals surface area contributed by atoms with Gasteiger partial charge in [0.1, 0.15) is 5.75 Å². The number of rotatable bonds is 1. The zero-order valence-corrected chi connectivity index (χ0v) is 8.88. The number of halogens is 4. The molecule has 1 aromatic rings. The second kappa shape index (κ2) is 3.76. The number of ether oxygens (including phenoxy) is 3. The molecule has 1 heterocycles. The predicted molar refractivity (Wildman–Crippen MR) is 48.9 cm³/mol. The van der Waals surface area contributed by atoms with Crippen LogP contribution in [0.1, 0.15) is 6.92 Å². The lowest BCUT2D eigenvalue weighted by Crippen LogP contribution is -2.52. The molecule has 1 aliphatic heterocycles. The van der Waals surface area contributed by atoms with E-state index in [-0.39, 0.29) is 5.75 Å². The Morgan fingerprint density at radius 2 is 1.67 bits per heavy atom. The Hall–Kier alpha value is -1.99. The van der Waals surface area contributed by atoms with Crippen LogP contribution in [0.2, 0.25) is 0 Å². The first-order valence-corrected chi connectivity index (χ1v) is 4.67. The molecular weight excluding hydrogens is 260 g/mol. The quantitative estimate of drug-likeness (QED) is 0.445.